The Morgan fingerprint density at radius 1 is 1.14 bits per heavy atom. The number of carbonyl (C=O) groups is 2. The summed E-state index contributed by atoms with van der Waals surface area (Å²) in [6.07, 6.45) is 0.464. The van der Waals surface area contributed by atoms with Gasteiger partial charge in [0.15, 0.2) is 5.83 Å². The average molecular weight is 601 g/mol. The molecule has 218 valence electrons. The number of carbonyl (C=O) groups excluding carboxylic acids is 2. The Hall–Kier alpha value is -4.97. The first kappa shape index (κ1) is 28.2. The van der Waals surface area contributed by atoms with Gasteiger partial charge in [0, 0.05) is 45.0 Å². The van der Waals surface area contributed by atoms with Crippen molar-refractivity contribution in [3.05, 3.63) is 83.0 Å². The van der Waals surface area contributed by atoms with Crippen molar-refractivity contribution in [1.29, 1.82) is 0 Å². The quantitative estimate of drug-likeness (QED) is 0.196. The Morgan fingerprint density at radius 2 is 1.95 bits per heavy atom. The van der Waals surface area contributed by atoms with Crippen LogP contribution in [0.5, 0.6) is 5.75 Å². The number of benzene rings is 2. The van der Waals surface area contributed by atoms with Gasteiger partial charge in [-0.15, -0.1) is 11.3 Å². The number of nitrogens with zero attached hydrogens (tertiary/aromatic N) is 3. The third-order valence-corrected chi connectivity index (χ3v) is 7.82. The lowest BCUT2D eigenvalue weighted by Crippen LogP contribution is -2.31. The number of thiophene rings is 1. The molecule has 0 bridgehead atoms. The fourth-order valence-electron chi connectivity index (χ4n) is 5.03. The van der Waals surface area contributed by atoms with E-state index in [1.807, 2.05) is 37.4 Å². The molecule has 6 rings (SSSR count). The Morgan fingerprint density at radius 3 is 2.74 bits per heavy atom. The van der Waals surface area contributed by atoms with Crippen molar-refractivity contribution in [2.45, 2.75) is 32.9 Å². The van der Waals surface area contributed by atoms with Gasteiger partial charge in [0.1, 0.15) is 23.1 Å². The fraction of sp³-hybridized carbons (Fsp3) is 0.194. The second kappa shape index (κ2) is 11.4. The van der Waals surface area contributed by atoms with Crippen LogP contribution < -0.4 is 15.4 Å². The standard InChI is InChI=1S/C31H26F2N6O3S/c1-15(2)42-23-13-19(33)5-7-21(23)25-27(29-36-24(38-39-29)14-35-30(40)16(3)32)37-26(22-9-11-43-28(22)25)18-4-6-20-17(12-18)8-10-34-31(20)41/h4-7,9,11-13,15H,3,8,10,14H2,1-2H3,(H,34,41)(H,35,40)(H,36,38,39). The van der Waals surface area contributed by atoms with Crippen LogP contribution in [-0.2, 0) is 17.8 Å². The van der Waals surface area contributed by atoms with Crippen molar-refractivity contribution in [3.63, 3.8) is 0 Å². The summed E-state index contributed by atoms with van der Waals surface area (Å²) in [5, 5.41) is 15.2. The van der Waals surface area contributed by atoms with E-state index in [-0.39, 0.29) is 30.2 Å². The molecule has 2 amide bonds. The van der Waals surface area contributed by atoms with Crippen LogP contribution in [-0.4, -0.2) is 44.6 Å². The topological polar surface area (TPSA) is 122 Å². The largest absolute Gasteiger partial charge is 0.490 e. The van der Waals surface area contributed by atoms with Crippen LogP contribution >= 0.6 is 11.3 Å². The highest BCUT2D eigenvalue weighted by atomic mass is 32.1. The first-order valence-electron chi connectivity index (χ1n) is 13.5. The smallest absolute Gasteiger partial charge is 0.279 e. The molecule has 3 aromatic heterocycles. The first-order chi connectivity index (χ1) is 20.7. The number of halogens is 2. The number of ether oxygens (including phenoxy) is 1. The van der Waals surface area contributed by atoms with E-state index in [2.05, 4.69) is 32.4 Å². The number of nitrogens with one attached hydrogen (secondary N) is 3. The molecule has 0 atom stereocenters. The molecule has 2 aromatic carbocycles. The van der Waals surface area contributed by atoms with Crippen LogP contribution in [0.4, 0.5) is 8.78 Å². The third kappa shape index (κ3) is 5.48. The molecular formula is C31H26F2N6O3S. The number of aromatic nitrogens is 4. The lowest BCUT2D eigenvalue weighted by molar-refractivity contribution is -0.119. The van der Waals surface area contributed by atoms with E-state index in [0.717, 1.165) is 21.2 Å². The van der Waals surface area contributed by atoms with Crippen LogP contribution in [0.2, 0.25) is 0 Å². The summed E-state index contributed by atoms with van der Waals surface area (Å²) in [6.45, 7) is 7.14. The predicted octanol–water partition coefficient (Wildman–Crippen LogP) is 5.73. The van der Waals surface area contributed by atoms with Crippen LogP contribution in [0.25, 0.3) is 44.0 Å². The summed E-state index contributed by atoms with van der Waals surface area (Å²) in [5.74, 6) is -1.81. The van der Waals surface area contributed by atoms with Gasteiger partial charge >= 0.3 is 0 Å². The van der Waals surface area contributed by atoms with Crippen molar-refractivity contribution in [2.75, 3.05) is 6.54 Å². The molecule has 0 saturated carbocycles. The third-order valence-electron chi connectivity index (χ3n) is 6.89. The van der Waals surface area contributed by atoms with Crippen LogP contribution in [0, 0.1) is 5.82 Å². The molecule has 0 radical (unpaired) electrons. The lowest BCUT2D eigenvalue weighted by Gasteiger charge is -2.19. The molecule has 43 heavy (non-hydrogen) atoms. The van der Waals surface area contributed by atoms with Crippen molar-refractivity contribution in [3.8, 4) is 39.7 Å². The number of rotatable bonds is 8. The minimum absolute atomic E-state index is 0.108. The molecule has 4 heterocycles. The molecule has 0 saturated heterocycles. The second-order valence-electron chi connectivity index (χ2n) is 10.2. The van der Waals surface area contributed by atoms with E-state index in [0.29, 0.717) is 46.8 Å². The van der Waals surface area contributed by atoms with Crippen LogP contribution in [0.1, 0.15) is 35.6 Å². The molecule has 0 fully saturated rings. The van der Waals surface area contributed by atoms with E-state index in [4.69, 9.17) is 9.72 Å². The Labute approximate surface area is 249 Å². The zero-order valence-corrected chi connectivity index (χ0v) is 24.1. The van der Waals surface area contributed by atoms with Gasteiger partial charge in [0.25, 0.3) is 11.8 Å². The SMILES string of the molecule is C=C(F)C(=O)NCc1nc(-c2nc(-c3ccc4c(c3)CCNC4=O)c3ccsc3c2-c2ccc(F)cc2OC(C)C)n[nH]1. The van der Waals surface area contributed by atoms with E-state index < -0.39 is 17.6 Å². The Balaban J connectivity index is 1.57. The maximum absolute atomic E-state index is 14.4. The fourth-order valence-corrected chi connectivity index (χ4v) is 5.98. The van der Waals surface area contributed by atoms with Gasteiger partial charge in [-0.3, -0.25) is 14.7 Å². The van der Waals surface area contributed by atoms with Crippen molar-refractivity contribution >= 4 is 33.2 Å². The highest BCUT2D eigenvalue weighted by Crippen LogP contribution is 2.45. The van der Waals surface area contributed by atoms with Gasteiger partial charge in [-0.25, -0.2) is 18.7 Å². The highest BCUT2D eigenvalue weighted by molar-refractivity contribution is 7.18. The first-order valence-corrected chi connectivity index (χ1v) is 14.4. The van der Waals surface area contributed by atoms with Gasteiger partial charge in [-0.2, -0.15) is 5.10 Å². The maximum Gasteiger partial charge on any atom is 0.279 e. The van der Waals surface area contributed by atoms with Crippen LogP contribution in [0.15, 0.2) is 60.3 Å². The summed E-state index contributed by atoms with van der Waals surface area (Å²) in [6, 6.07) is 11.9. The van der Waals surface area contributed by atoms with Crippen molar-refractivity contribution < 1.29 is 23.1 Å². The second-order valence-corrected chi connectivity index (χ2v) is 11.1. The molecule has 1 aliphatic heterocycles. The van der Waals surface area contributed by atoms with Gasteiger partial charge in [0.05, 0.1) is 18.3 Å². The molecule has 0 aliphatic carbocycles. The van der Waals surface area contributed by atoms with Gasteiger partial charge in [0.2, 0.25) is 5.82 Å². The van der Waals surface area contributed by atoms with Crippen molar-refractivity contribution in [2.24, 2.45) is 0 Å². The number of aromatic amines is 1. The zero-order valence-electron chi connectivity index (χ0n) is 23.3. The minimum atomic E-state index is -1.12. The van der Waals surface area contributed by atoms with E-state index >= 15 is 0 Å². The summed E-state index contributed by atoms with van der Waals surface area (Å²) < 4.78 is 34.5. The molecule has 9 nitrogen and oxygen atoms in total. The Bertz CT molecular complexity index is 1920. The molecule has 0 unspecified atom stereocenters. The summed E-state index contributed by atoms with van der Waals surface area (Å²) in [4.78, 5) is 33.7. The normalized spacial score (nSPS) is 12.7. The monoisotopic (exact) mass is 600 g/mol. The predicted molar refractivity (Wildman–Crippen MR) is 160 cm³/mol. The summed E-state index contributed by atoms with van der Waals surface area (Å²) in [5.41, 5.74) is 4.67. The molecule has 1 aliphatic rings. The number of pyridine rings is 1. The number of hydrogen-bond donors (Lipinski definition) is 3. The van der Waals surface area contributed by atoms with Gasteiger partial charge in [-0.05, 0) is 61.5 Å². The molecule has 0 spiro atoms. The maximum atomic E-state index is 14.4. The number of hydrogen-bond acceptors (Lipinski definition) is 7. The highest BCUT2D eigenvalue weighted by Gasteiger charge is 2.26. The number of fused-ring (bicyclic) bond motifs is 2. The van der Waals surface area contributed by atoms with E-state index in [9.17, 15) is 18.4 Å². The summed E-state index contributed by atoms with van der Waals surface area (Å²) >= 11 is 1.48. The molecule has 12 heteroatoms. The van der Waals surface area contributed by atoms with Crippen LogP contribution in [0.3, 0.4) is 0 Å². The molecular weight excluding hydrogens is 574 g/mol. The number of amides is 2. The summed E-state index contributed by atoms with van der Waals surface area (Å²) in [7, 11) is 0. The molecule has 3 N–H and O–H groups in total. The van der Waals surface area contributed by atoms with Gasteiger partial charge < -0.3 is 15.4 Å². The van der Waals surface area contributed by atoms with Crippen molar-refractivity contribution in [1.82, 2.24) is 30.8 Å². The van der Waals surface area contributed by atoms with Gasteiger partial charge in [-0.1, -0.05) is 12.6 Å². The zero-order chi connectivity index (χ0) is 30.2. The minimum Gasteiger partial charge on any atom is -0.490 e. The van der Waals surface area contributed by atoms with E-state index in [1.54, 1.807) is 12.1 Å². The van der Waals surface area contributed by atoms with E-state index in [1.165, 1.54) is 23.5 Å². The Kier molecular flexibility index (Phi) is 7.45. The number of H-pyrrole nitrogens is 1. The molecule has 5 aromatic rings. The average Bonchev–Trinajstić information content (AvgIpc) is 3.65. The lowest BCUT2D eigenvalue weighted by atomic mass is 9.94.